The summed E-state index contributed by atoms with van der Waals surface area (Å²) in [6.45, 7) is 0. The van der Waals surface area contributed by atoms with Crippen LogP contribution in [-0.2, 0) is 0 Å². The number of benzene rings is 2. The maximum absolute atomic E-state index is 13.3. The first-order chi connectivity index (χ1) is 12.2. The third kappa shape index (κ3) is 3.04. The molecule has 4 nitrogen and oxygen atoms in total. The topological polar surface area (TPSA) is 59.3 Å². The van der Waals surface area contributed by atoms with Gasteiger partial charge in [0.2, 0.25) is 0 Å². The molecule has 4 aromatic rings. The number of hydrogen-bond acceptors (Lipinski definition) is 4. The number of phenols is 1. The van der Waals surface area contributed by atoms with E-state index >= 15 is 0 Å². The van der Waals surface area contributed by atoms with E-state index in [0.29, 0.717) is 11.1 Å². The van der Waals surface area contributed by atoms with E-state index in [9.17, 15) is 9.50 Å². The van der Waals surface area contributed by atoms with Crippen LogP contribution in [0.2, 0.25) is 0 Å². The highest BCUT2D eigenvalue weighted by Gasteiger charge is 2.22. The minimum absolute atomic E-state index is 0.163. The summed E-state index contributed by atoms with van der Waals surface area (Å²) in [5.74, 6) is -0.135. The number of aromatic hydroxyl groups is 1. The van der Waals surface area contributed by atoms with E-state index in [1.165, 1.54) is 23.5 Å². The fraction of sp³-hybridized carbons (Fsp3) is 0.0526. The van der Waals surface area contributed by atoms with Gasteiger partial charge in [-0.05, 0) is 29.8 Å². The van der Waals surface area contributed by atoms with Crippen LogP contribution in [0.1, 0.15) is 17.2 Å². The molecule has 0 aliphatic carbocycles. The molecule has 2 aromatic carbocycles. The largest absolute Gasteiger partial charge is 0.502 e. The molecule has 0 saturated carbocycles. The van der Waals surface area contributed by atoms with Crippen molar-refractivity contribution in [3.05, 3.63) is 83.2 Å². The number of nitrogens with zero attached hydrogens (tertiary/aromatic N) is 1. The van der Waals surface area contributed by atoms with Gasteiger partial charge in [0.1, 0.15) is 5.82 Å². The fourth-order valence-electron chi connectivity index (χ4n) is 2.84. The summed E-state index contributed by atoms with van der Waals surface area (Å²) in [7, 11) is 0. The Bertz CT molecular complexity index is 1000. The molecule has 1 atom stereocenters. The van der Waals surface area contributed by atoms with Crippen LogP contribution in [0.5, 0.6) is 5.75 Å². The molecular weight excluding hydrogens is 337 g/mol. The molecule has 0 aliphatic rings. The lowest BCUT2D eigenvalue weighted by Crippen LogP contribution is -2.14. The Balaban J connectivity index is 1.85. The second-order valence-corrected chi connectivity index (χ2v) is 6.50. The summed E-state index contributed by atoms with van der Waals surface area (Å²) in [4.78, 5) is 7.34. The van der Waals surface area contributed by atoms with E-state index < -0.39 is 0 Å². The normalized spacial score (nSPS) is 12.2. The second kappa shape index (κ2) is 6.49. The zero-order chi connectivity index (χ0) is 17.2. The van der Waals surface area contributed by atoms with Crippen molar-refractivity contribution in [3.63, 3.8) is 0 Å². The lowest BCUT2D eigenvalue weighted by atomic mass is 9.96. The van der Waals surface area contributed by atoms with Gasteiger partial charge in [0, 0.05) is 23.2 Å². The molecule has 0 radical (unpaired) electrons. The summed E-state index contributed by atoms with van der Waals surface area (Å²) in [6, 6.07) is 13.5. The molecule has 124 valence electrons. The molecule has 0 amide bonds. The average molecular weight is 352 g/mol. The Morgan fingerprint density at radius 1 is 1.12 bits per heavy atom. The van der Waals surface area contributed by atoms with E-state index in [1.807, 2.05) is 29.6 Å². The van der Waals surface area contributed by atoms with Crippen LogP contribution in [0.15, 0.2) is 66.3 Å². The molecule has 0 bridgehead atoms. The molecular formula is C19H15FN3OS+. The van der Waals surface area contributed by atoms with Crippen LogP contribution in [0.3, 0.4) is 0 Å². The number of halogens is 1. The smallest absolute Gasteiger partial charge is 0.253 e. The monoisotopic (exact) mass is 352 g/mol. The maximum atomic E-state index is 13.3. The first-order valence-corrected chi connectivity index (χ1v) is 8.64. The number of pyridine rings is 1. The van der Waals surface area contributed by atoms with E-state index in [4.69, 9.17) is 0 Å². The lowest BCUT2D eigenvalue weighted by molar-refractivity contribution is -0.345. The summed E-state index contributed by atoms with van der Waals surface area (Å²) in [5, 5.41) is 17.6. The Morgan fingerprint density at radius 3 is 2.72 bits per heavy atom. The van der Waals surface area contributed by atoms with Crippen LogP contribution in [0.4, 0.5) is 9.52 Å². The molecule has 3 N–H and O–H groups in total. The zero-order valence-electron chi connectivity index (χ0n) is 13.1. The number of aromatic amines is 1. The average Bonchev–Trinajstić information content (AvgIpc) is 3.15. The van der Waals surface area contributed by atoms with Gasteiger partial charge < -0.3 is 10.4 Å². The first kappa shape index (κ1) is 15.5. The lowest BCUT2D eigenvalue weighted by Gasteiger charge is -2.20. The van der Waals surface area contributed by atoms with Crippen molar-refractivity contribution < 1.29 is 14.5 Å². The molecule has 6 heteroatoms. The number of phenolic OH excluding ortho intramolecular Hbond substituents is 1. The Kier molecular flexibility index (Phi) is 4.03. The van der Waals surface area contributed by atoms with E-state index in [1.54, 1.807) is 24.5 Å². The van der Waals surface area contributed by atoms with Crippen LogP contribution in [0.25, 0.3) is 10.9 Å². The van der Waals surface area contributed by atoms with Crippen LogP contribution >= 0.6 is 11.3 Å². The zero-order valence-corrected chi connectivity index (χ0v) is 13.9. The predicted molar refractivity (Wildman–Crippen MR) is 96.1 cm³/mol. The number of rotatable bonds is 4. The quantitative estimate of drug-likeness (QED) is 0.580. The molecule has 2 heterocycles. The van der Waals surface area contributed by atoms with Crippen molar-refractivity contribution in [2.45, 2.75) is 6.04 Å². The number of fused-ring (bicyclic) bond motifs is 1. The highest BCUT2D eigenvalue weighted by atomic mass is 32.1. The molecule has 1 unspecified atom stereocenters. The van der Waals surface area contributed by atoms with Crippen LogP contribution in [-0.4, -0.2) is 10.1 Å². The minimum Gasteiger partial charge on any atom is -0.502 e. The van der Waals surface area contributed by atoms with Gasteiger partial charge in [-0.15, -0.1) is 11.3 Å². The highest BCUT2D eigenvalue weighted by Crippen LogP contribution is 2.36. The van der Waals surface area contributed by atoms with Crippen molar-refractivity contribution in [1.29, 1.82) is 0 Å². The molecule has 25 heavy (non-hydrogen) atoms. The van der Waals surface area contributed by atoms with Gasteiger partial charge in [-0.2, -0.15) is 0 Å². The van der Waals surface area contributed by atoms with Gasteiger partial charge in [-0.3, -0.25) is 0 Å². The molecule has 0 saturated heterocycles. The Morgan fingerprint density at radius 2 is 1.96 bits per heavy atom. The number of H-pyrrole nitrogens is 1. The fourth-order valence-corrected chi connectivity index (χ4v) is 3.40. The van der Waals surface area contributed by atoms with Gasteiger partial charge in [-0.25, -0.2) is 14.4 Å². The summed E-state index contributed by atoms with van der Waals surface area (Å²) in [6.07, 6.45) is 3.48. The van der Waals surface area contributed by atoms with Crippen molar-refractivity contribution >= 4 is 27.4 Å². The third-order valence-corrected chi connectivity index (χ3v) is 4.76. The molecule has 0 aliphatic heterocycles. The van der Waals surface area contributed by atoms with Crippen LogP contribution < -0.4 is 10.3 Å². The molecule has 0 spiro atoms. The summed E-state index contributed by atoms with van der Waals surface area (Å²) < 4.78 is 13.3. The highest BCUT2D eigenvalue weighted by molar-refractivity contribution is 7.13. The van der Waals surface area contributed by atoms with Gasteiger partial charge in [-0.1, -0.05) is 18.2 Å². The van der Waals surface area contributed by atoms with Gasteiger partial charge in [0.05, 0.1) is 11.4 Å². The van der Waals surface area contributed by atoms with E-state index in [-0.39, 0.29) is 17.6 Å². The molecule has 4 rings (SSSR count). The Hall–Kier alpha value is -2.99. The van der Waals surface area contributed by atoms with Crippen molar-refractivity contribution in [3.8, 4) is 5.75 Å². The maximum Gasteiger partial charge on any atom is 0.253 e. The standard InChI is InChI=1S/C19H14FN3OS/c20-14-6-3-13(4-7-14)16(23-19-22-10-11-25-19)15-8-5-12-2-1-9-21-17(12)18(15)24/h1-11,16,24H,(H,22,23)/p+1. The minimum atomic E-state index is -0.357. The number of nitrogens with one attached hydrogen (secondary N) is 2. The summed E-state index contributed by atoms with van der Waals surface area (Å²) >= 11 is 1.47. The second-order valence-electron chi connectivity index (χ2n) is 5.60. The number of thiazole rings is 1. The number of hydrogen-bond donors (Lipinski definition) is 2. The Labute approximate surface area is 147 Å². The van der Waals surface area contributed by atoms with Gasteiger partial charge in [0.15, 0.2) is 17.1 Å². The van der Waals surface area contributed by atoms with Crippen molar-refractivity contribution in [1.82, 2.24) is 4.98 Å². The van der Waals surface area contributed by atoms with Gasteiger partial charge in [0.25, 0.3) is 5.52 Å². The van der Waals surface area contributed by atoms with E-state index in [2.05, 4.69) is 15.3 Å². The van der Waals surface area contributed by atoms with E-state index in [0.717, 1.165) is 16.1 Å². The molecule has 2 aromatic heterocycles. The number of aromatic nitrogens is 2. The number of anilines is 1. The summed E-state index contributed by atoms with van der Waals surface area (Å²) in [5.41, 5.74) is 2.19. The first-order valence-electron chi connectivity index (χ1n) is 7.76. The van der Waals surface area contributed by atoms with Crippen molar-refractivity contribution in [2.75, 3.05) is 5.32 Å². The molecule has 0 fully saturated rings. The third-order valence-electron chi connectivity index (χ3n) is 4.06. The van der Waals surface area contributed by atoms with Crippen molar-refractivity contribution in [2.24, 2.45) is 0 Å². The SMILES string of the molecule is Oc1c(C(Nc2nccs2)c2ccc(F)cc2)ccc2ccc[nH+]c12. The predicted octanol–water partition coefficient (Wildman–Crippen LogP) is 4.16. The van der Waals surface area contributed by atoms with Gasteiger partial charge >= 0.3 is 0 Å². The van der Waals surface area contributed by atoms with Crippen LogP contribution in [0, 0.1) is 5.82 Å².